The van der Waals surface area contributed by atoms with Crippen LogP contribution in [0.3, 0.4) is 0 Å². The molecule has 108 valence electrons. The molecule has 4 atom stereocenters. The van der Waals surface area contributed by atoms with E-state index in [2.05, 4.69) is 4.90 Å². The molecule has 2 rings (SSSR count). The van der Waals surface area contributed by atoms with E-state index in [0.29, 0.717) is 13.0 Å². The molecular formula is C14H24N2O3. The Morgan fingerprint density at radius 3 is 2.79 bits per heavy atom. The summed E-state index contributed by atoms with van der Waals surface area (Å²) in [4.78, 5) is 25.5. The number of likely N-dealkylation sites (N-methyl/N-ethyl adjacent to an activating group) is 1. The van der Waals surface area contributed by atoms with Crippen molar-refractivity contribution < 1.29 is 14.3 Å². The predicted molar refractivity (Wildman–Crippen MR) is 71.7 cm³/mol. The van der Waals surface area contributed by atoms with Gasteiger partial charge in [-0.2, -0.15) is 0 Å². The molecule has 0 saturated carbocycles. The molecule has 2 bridgehead atoms. The largest absolute Gasteiger partial charge is 0.373 e. The second-order valence-electron chi connectivity index (χ2n) is 5.69. The van der Waals surface area contributed by atoms with Gasteiger partial charge in [-0.25, -0.2) is 0 Å². The maximum atomic E-state index is 12.3. The summed E-state index contributed by atoms with van der Waals surface area (Å²) < 4.78 is 5.70. The summed E-state index contributed by atoms with van der Waals surface area (Å²) in [6.07, 6.45) is 4.14. The molecule has 2 heterocycles. The molecule has 0 aromatic carbocycles. The quantitative estimate of drug-likeness (QED) is 0.638. The predicted octanol–water partition coefficient (Wildman–Crippen LogP) is 0.219. The second kappa shape index (κ2) is 6.59. The van der Waals surface area contributed by atoms with E-state index in [0.717, 1.165) is 38.6 Å². The van der Waals surface area contributed by atoms with Crippen LogP contribution in [0.5, 0.6) is 0 Å². The summed E-state index contributed by atoms with van der Waals surface area (Å²) in [7, 11) is 2.01. The zero-order valence-corrected chi connectivity index (χ0v) is 11.6. The van der Waals surface area contributed by atoms with E-state index in [1.807, 2.05) is 7.05 Å². The number of nitrogens with zero attached hydrogens (tertiary/aromatic N) is 1. The van der Waals surface area contributed by atoms with Crippen molar-refractivity contribution in [1.82, 2.24) is 4.90 Å². The van der Waals surface area contributed by atoms with Crippen molar-refractivity contribution in [3.8, 4) is 0 Å². The average molecular weight is 268 g/mol. The SMILES string of the molecule is CN(CCN)CCCC(=O)C1C2CCC(O2)C1C=O. The van der Waals surface area contributed by atoms with Gasteiger partial charge < -0.3 is 20.2 Å². The first kappa shape index (κ1) is 14.6. The van der Waals surface area contributed by atoms with Gasteiger partial charge in [0.05, 0.1) is 24.0 Å². The third-order valence-corrected chi connectivity index (χ3v) is 4.33. The molecule has 4 unspecified atom stereocenters. The number of ether oxygens (including phenoxy) is 1. The molecule has 5 heteroatoms. The topological polar surface area (TPSA) is 72.6 Å². The van der Waals surface area contributed by atoms with Crippen LogP contribution in [0.1, 0.15) is 25.7 Å². The fraction of sp³-hybridized carbons (Fsp3) is 0.857. The Bertz CT molecular complexity index is 335. The van der Waals surface area contributed by atoms with Crippen LogP contribution in [-0.4, -0.2) is 55.9 Å². The summed E-state index contributed by atoms with van der Waals surface area (Å²) in [5.41, 5.74) is 5.47. The van der Waals surface area contributed by atoms with Crippen LogP contribution >= 0.6 is 0 Å². The molecule has 0 spiro atoms. The van der Waals surface area contributed by atoms with Crippen LogP contribution in [0.15, 0.2) is 0 Å². The lowest BCUT2D eigenvalue weighted by atomic mass is 9.77. The van der Waals surface area contributed by atoms with Crippen molar-refractivity contribution in [2.24, 2.45) is 17.6 Å². The lowest BCUT2D eigenvalue weighted by Gasteiger charge is -2.23. The molecule has 2 aliphatic rings. The van der Waals surface area contributed by atoms with Crippen molar-refractivity contribution in [2.75, 3.05) is 26.7 Å². The molecule has 0 aromatic heterocycles. The molecular weight excluding hydrogens is 244 g/mol. The normalized spacial score (nSPS) is 33.0. The first-order chi connectivity index (χ1) is 9.17. The third-order valence-electron chi connectivity index (χ3n) is 4.33. The second-order valence-corrected chi connectivity index (χ2v) is 5.69. The molecule has 0 radical (unpaired) electrons. The Labute approximate surface area is 114 Å². The highest BCUT2D eigenvalue weighted by Crippen LogP contribution is 2.43. The zero-order chi connectivity index (χ0) is 13.8. The molecule has 19 heavy (non-hydrogen) atoms. The smallest absolute Gasteiger partial charge is 0.139 e. The molecule has 0 aromatic rings. The number of ketones is 1. The summed E-state index contributed by atoms with van der Waals surface area (Å²) in [5, 5.41) is 0. The van der Waals surface area contributed by atoms with Gasteiger partial charge in [-0.1, -0.05) is 0 Å². The summed E-state index contributed by atoms with van der Waals surface area (Å²) in [6.45, 7) is 2.36. The molecule has 2 aliphatic heterocycles. The van der Waals surface area contributed by atoms with Gasteiger partial charge in [0.25, 0.3) is 0 Å². The highest BCUT2D eigenvalue weighted by atomic mass is 16.5. The van der Waals surface area contributed by atoms with Crippen molar-refractivity contribution in [3.63, 3.8) is 0 Å². The van der Waals surface area contributed by atoms with Crippen molar-refractivity contribution >= 4 is 12.1 Å². The first-order valence-corrected chi connectivity index (χ1v) is 7.19. The first-order valence-electron chi connectivity index (χ1n) is 7.19. The number of carbonyl (C=O) groups excluding carboxylic acids is 2. The Balaban J connectivity index is 1.78. The molecule has 0 amide bonds. The van der Waals surface area contributed by atoms with Crippen molar-refractivity contribution in [2.45, 2.75) is 37.9 Å². The van der Waals surface area contributed by atoms with Gasteiger partial charge in [0, 0.05) is 19.5 Å². The van der Waals surface area contributed by atoms with E-state index < -0.39 is 0 Å². The molecule has 2 fully saturated rings. The van der Waals surface area contributed by atoms with E-state index in [4.69, 9.17) is 10.5 Å². The number of nitrogens with two attached hydrogens (primary N) is 1. The fourth-order valence-electron chi connectivity index (χ4n) is 3.33. The lowest BCUT2D eigenvalue weighted by molar-refractivity contribution is -0.128. The third kappa shape index (κ3) is 3.22. The summed E-state index contributed by atoms with van der Waals surface area (Å²) in [6, 6.07) is 0. The Morgan fingerprint density at radius 2 is 2.11 bits per heavy atom. The van der Waals surface area contributed by atoms with Gasteiger partial charge in [-0.3, -0.25) is 4.79 Å². The number of hydrogen-bond donors (Lipinski definition) is 1. The van der Waals surface area contributed by atoms with Gasteiger partial charge in [-0.05, 0) is 32.9 Å². The number of fused-ring (bicyclic) bond motifs is 2. The summed E-state index contributed by atoms with van der Waals surface area (Å²) in [5.74, 6) is -0.186. The molecule has 5 nitrogen and oxygen atoms in total. The van der Waals surface area contributed by atoms with Crippen LogP contribution in [0, 0.1) is 11.8 Å². The number of carbonyl (C=O) groups is 2. The van der Waals surface area contributed by atoms with Gasteiger partial charge in [-0.15, -0.1) is 0 Å². The van der Waals surface area contributed by atoms with E-state index in [1.165, 1.54) is 0 Å². The lowest BCUT2D eigenvalue weighted by Crippen LogP contribution is -2.35. The van der Waals surface area contributed by atoms with E-state index in [9.17, 15) is 9.59 Å². The van der Waals surface area contributed by atoms with Crippen LogP contribution in [0.2, 0.25) is 0 Å². The Morgan fingerprint density at radius 1 is 1.37 bits per heavy atom. The molecule has 2 saturated heterocycles. The minimum Gasteiger partial charge on any atom is -0.373 e. The number of rotatable bonds is 8. The van der Waals surface area contributed by atoms with E-state index in [1.54, 1.807) is 0 Å². The van der Waals surface area contributed by atoms with Crippen molar-refractivity contribution in [3.05, 3.63) is 0 Å². The summed E-state index contributed by atoms with van der Waals surface area (Å²) >= 11 is 0. The van der Waals surface area contributed by atoms with Crippen LogP contribution in [-0.2, 0) is 14.3 Å². The van der Waals surface area contributed by atoms with Crippen LogP contribution in [0.25, 0.3) is 0 Å². The zero-order valence-electron chi connectivity index (χ0n) is 11.6. The maximum Gasteiger partial charge on any atom is 0.139 e. The molecule has 2 N–H and O–H groups in total. The van der Waals surface area contributed by atoms with E-state index in [-0.39, 0.29) is 29.8 Å². The standard InChI is InChI=1S/C14H24N2O3/c1-16(8-6-15)7-2-3-11(18)14-10(9-17)12-4-5-13(14)19-12/h9-10,12-14H,2-8,15H2,1H3. The number of Topliss-reactive ketones (excluding diaryl/α,β-unsaturated/α-hetero) is 1. The van der Waals surface area contributed by atoms with Crippen LogP contribution < -0.4 is 5.73 Å². The van der Waals surface area contributed by atoms with Gasteiger partial charge >= 0.3 is 0 Å². The molecule has 0 aliphatic carbocycles. The highest BCUT2D eigenvalue weighted by molar-refractivity contribution is 5.85. The Kier molecular flexibility index (Phi) is 5.07. The minimum atomic E-state index is -0.201. The minimum absolute atomic E-state index is 0.00337. The van der Waals surface area contributed by atoms with Crippen molar-refractivity contribution in [1.29, 1.82) is 0 Å². The van der Waals surface area contributed by atoms with E-state index >= 15 is 0 Å². The van der Waals surface area contributed by atoms with Gasteiger partial charge in [0.2, 0.25) is 0 Å². The highest BCUT2D eigenvalue weighted by Gasteiger charge is 2.51. The maximum absolute atomic E-state index is 12.3. The monoisotopic (exact) mass is 268 g/mol. The van der Waals surface area contributed by atoms with Gasteiger partial charge in [0.15, 0.2) is 0 Å². The Hall–Kier alpha value is -0.780. The fourth-order valence-corrected chi connectivity index (χ4v) is 3.33. The number of hydrogen-bond acceptors (Lipinski definition) is 5. The van der Waals surface area contributed by atoms with Crippen LogP contribution in [0.4, 0.5) is 0 Å². The van der Waals surface area contributed by atoms with Gasteiger partial charge in [0.1, 0.15) is 12.1 Å². The number of aldehydes is 1. The average Bonchev–Trinajstić information content (AvgIpc) is 2.98.